The van der Waals surface area contributed by atoms with Crippen LogP contribution in [0.5, 0.6) is 0 Å². The predicted octanol–water partition coefficient (Wildman–Crippen LogP) is 3.29. The SMILES string of the molecule is Cc1cc(Cl)ccc1NS(=O)(=O)c1nnc(NC(=O)C(C)(C)C)s1. The molecule has 1 heterocycles. The Morgan fingerprint density at radius 2 is 1.92 bits per heavy atom. The molecule has 1 aromatic heterocycles. The maximum Gasteiger partial charge on any atom is 0.291 e. The van der Waals surface area contributed by atoms with Crippen LogP contribution in [0, 0.1) is 12.3 Å². The van der Waals surface area contributed by atoms with Crippen molar-refractivity contribution in [3.63, 3.8) is 0 Å². The Hall–Kier alpha value is -1.71. The van der Waals surface area contributed by atoms with Crippen molar-refractivity contribution in [1.82, 2.24) is 10.2 Å². The molecule has 0 bridgehead atoms. The number of nitrogens with one attached hydrogen (secondary N) is 2. The van der Waals surface area contributed by atoms with E-state index in [2.05, 4.69) is 20.2 Å². The lowest BCUT2D eigenvalue weighted by molar-refractivity contribution is -0.123. The van der Waals surface area contributed by atoms with Crippen LogP contribution in [0.2, 0.25) is 5.02 Å². The van der Waals surface area contributed by atoms with Gasteiger partial charge in [0.1, 0.15) is 0 Å². The number of rotatable bonds is 4. The molecule has 0 fully saturated rings. The van der Waals surface area contributed by atoms with Crippen molar-refractivity contribution in [3.8, 4) is 0 Å². The smallest absolute Gasteiger partial charge is 0.291 e. The third-order valence-corrected chi connectivity index (χ3v) is 5.78. The molecule has 0 unspecified atom stereocenters. The zero-order valence-corrected chi connectivity index (χ0v) is 15.9. The van der Waals surface area contributed by atoms with Crippen molar-refractivity contribution in [1.29, 1.82) is 0 Å². The molecule has 0 aliphatic heterocycles. The topological polar surface area (TPSA) is 101 Å². The molecule has 130 valence electrons. The second-order valence-corrected chi connectivity index (χ2v) is 9.41. The van der Waals surface area contributed by atoms with Crippen molar-refractivity contribution in [3.05, 3.63) is 28.8 Å². The summed E-state index contributed by atoms with van der Waals surface area (Å²) in [7, 11) is -3.90. The molecule has 0 aliphatic carbocycles. The number of carbonyl (C=O) groups excluding carboxylic acids is 1. The molecule has 2 N–H and O–H groups in total. The fraction of sp³-hybridized carbons (Fsp3) is 0.357. The molecule has 0 saturated carbocycles. The first-order valence-corrected chi connectivity index (χ1v) is 9.61. The van der Waals surface area contributed by atoms with Crippen LogP contribution in [0.3, 0.4) is 0 Å². The quantitative estimate of drug-likeness (QED) is 0.782. The molecule has 7 nitrogen and oxygen atoms in total. The van der Waals surface area contributed by atoms with E-state index in [1.165, 1.54) is 0 Å². The fourth-order valence-corrected chi connectivity index (χ4v) is 3.84. The molecular weight excluding hydrogens is 372 g/mol. The molecule has 2 rings (SSSR count). The second kappa shape index (κ2) is 6.66. The summed E-state index contributed by atoms with van der Waals surface area (Å²) in [5, 5.41) is 10.5. The molecule has 24 heavy (non-hydrogen) atoms. The highest BCUT2D eigenvalue weighted by Crippen LogP contribution is 2.26. The van der Waals surface area contributed by atoms with Crippen LogP contribution in [0.25, 0.3) is 0 Å². The largest absolute Gasteiger partial charge is 0.300 e. The van der Waals surface area contributed by atoms with Gasteiger partial charge in [-0.3, -0.25) is 9.52 Å². The van der Waals surface area contributed by atoms with E-state index in [-0.39, 0.29) is 15.4 Å². The molecule has 10 heteroatoms. The molecule has 2 aromatic rings. The summed E-state index contributed by atoms with van der Waals surface area (Å²) in [6.45, 7) is 6.96. The average molecular weight is 389 g/mol. The van der Waals surface area contributed by atoms with Gasteiger partial charge in [-0.25, -0.2) is 0 Å². The van der Waals surface area contributed by atoms with Gasteiger partial charge in [-0.1, -0.05) is 43.7 Å². The van der Waals surface area contributed by atoms with Crippen molar-refractivity contribution in [2.45, 2.75) is 32.0 Å². The summed E-state index contributed by atoms with van der Waals surface area (Å²) in [5.41, 5.74) is 0.454. The summed E-state index contributed by atoms with van der Waals surface area (Å²) in [4.78, 5) is 11.9. The number of aromatic nitrogens is 2. The van der Waals surface area contributed by atoms with Crippen molar-refractivity contribution < 1.29 is 13.2 Å². The van der Waals surface area contributed by atoms with E-state index in [1.807, 2.05) is 0 Å². The number of sulfonamides is 1. The Kier molecular flexibility index (Phi) is 5.17. The second-order valence-electron chi connectivity index (χ2n) is 6.14. The molecule has 0 radical (unpaired) electrons. The number of halogens is 1. The highest BCUT2D eigenvalue weighted by Gasteiger charge is 2.25. The van der Waals surface area contributed by atoms with Crippen molar-refractivity contribution in [2.75, 3.05) is 10.0 Å². The van der Waals surface area contributed by atoms with Gasteiger partial charge in [0.05, 0.1) is 5.69 Å². The highest BCUT2D eigenvalue weighted by atomic mass is 35.5. The number of benzene rings is 1. The van der Waals surface area contributed by atoms with Gasteiger partial charge in [-0.15, -0.1) is 10.2 Å². The van der Waals surface area contributed by atoms with Crippen LogP contribution in [0.4, 0.5) is 10.8 Å². The summed E-state index contributed by atoms with van der Waals surface area (Å²) < 4.78 is 27.0. The molecule has 0 aliphatic rings. The number of carbonyl (C=O) groups is 1. The Labute approximate surface area is 149 Å². The number of amides is 1. The minimum atomic E-state index is -3.90. The summed E-state index contributed by atoms with van der Waals surface area (Å²) >= 11 is 6.64. The monoisotopic (exact) mass is 388 g/mol. The molecule has 0 spiro atoms. The van der Waals surface area contributed by atoms with Crippen LogP contribution < -0.4 is 10.0 Å². The van der Waals surface area contributed by atoms with Gasteiger partial charge in [0.15, 0.2) is 0 Å². The maximum absolute atomic E-state index is 12.4. The third-order valence-electron chi connectivity index (χ3n) is 2.97. The fourth-order valence-electron chi connectivity index (χ4n) is 1.58. The highest BCUT2D eigenvalue weighted by molar-refractivity contribution is 7.94. The van der Waals surface area contributed by atoms with Crippen LogP contribution in [0.15, 0.2) is 22.5 Å². The summed E-state index contributed by atoms with van der Waals surface area (Å²) in [5.74, 6) is -0.274. The molecule has 1 aromatic carbocycles. The Bertz CT molecular complexity index is 872. The predicted molar refractivity (Wildman–Crippen MR) is 95.0 cm³/mol. The lowest BCUT2D eigenvalue weighted by Crippen LogP contribution is -2.27. The van der Waals surface area contributed by atoms with E-state index in [0.717, 1.165) is 11.3 Å². The summed E-state index contributed by atoms with van der Waals surface area (Å²) in [6, 6.07) is 4.80. The minimum Gasteiger partial charge on any atom is -0.300 e. The van der Waals surface area contributed by atoms with Crippen LogP contribution in [-0.4, -0.2) is 24.5 Å². The van der Waals surface area contributed by atoms with Gasteiger partial charge in [0.2, 0.25) is 11.0 Å². The first-order chi connectivity index (χ1) is 11.0. The zero-order valence-electron chi connectivity index (χ0n) is 13.5. The van der Waals surface area contributed by atoms with Crippen LogP contribution >= 0.6 is 22.9 Å². The van der Waals surface area contributed by atoms with Crippen molar-refractivity contribution >= 4 is 49.7 Å². The Morgan fingerprint density at radius 1 is 1.25 bits per heavy atom. The lowest BCUT2D eigenvalue weighted by atomic mass is 9.96. The van der Waals surface area contributed by atoms with Gasteiger partial charge in [0, 0.05) is 10.4 Å². The molecule has 0 saturated heterocycles. The lowest BCUT2D eigenvalue weighted by Gasteiger charge is -2.15. The standard InChI is InChI=1S/C14H17ClN4O3S2/c1-8-7-9(15)5-6-10(8)19-24(21,22)13-18-17-12(23-13)16-11(20)14(2,3)4/h5-7,19H,1-4H3,(H,16,17,20). The van der Waals surface area contributed by atoms with Gasteiger partial charge < -0.3 is 5.32 Å². The van der Waals surface area contributed by atoms with Crippen molar-refractivity contribution in [2.24, 2.45) is 5.41 Å². The summed E-state index contributed by atoms with van der Waals surface area (Å²) in [6.07, 6.45) is 0. The number of nitrogens with zero attached hydrogens (tertiary/aromatic N) is 2. The van der Waals surface area contributed by atoms with E-state index in [0.29, 0.717) is 16.3 Å². The Balaban J connectivity index is 2.20. The maximum atomic E-state index is 12.4. The molecule has 0 atom stereocenters. The minimum absolute atomic E-state index is 0.128. The van der Waals surface area contributed by atoms with Crippen LogP contribution in [-0.2, 0) is 14.8 Å². The van der Waals surface area contributed by atoms with E-state index < -0.39 is 15.4 Å². The number of anilines is 2. The van der Waals surface area contributed by atoms with Gasteiger partial charge in [-0.2, -0.15) is 8.42 Å². The van der Waals surface area contributed by atoms with Crippen LogP contribution in [0.1, 0.15) is 26.3 Å². The normalized spacial score (nSPS) is 12.0. The van der Waals surface area contributed by atoms with E-state index >= 15 is 0 Å². The van der Waals surface area contributed by atoms with Gasteiger partial charge >= 0.3 is 0 Å². The van der Waals surface area contributed by atoms with E-state index in [4.69, 9.17) is 11.6 Å². The Morgan fingerprint density at radius 3 is 2.50 bits per heavy atom. The molecule has 1 amide bonds. The zero-order chi connectivity index (χ0) is 18.1. The van der Waals surface area contributed by atoms with Gasteiger partial charge in [-0.05, 0) is 30.7 Å². The van der Waals surface area contributed by atoms with Gasteiger partial charge in [0.25, 0.3) is 14.4 Å². The average Bonchev–Trinajstić information content (AvgIpc) is 2.90. The first-order valence-electron chi connectivity index (χ1n) is 6.93. The number of hydrogen-bond donors (Lipinski definition) is 2. The third kappa shape index (κ3) is 4.43. The van der Waals surface area contributed by atoms with E-state index in [9.17, 15) is 13.2 Å². The van der Waals surface area contributed by atoms with E-state index in [1.54, 1.807) is 45.9 Å². The number of hydrogen-bond acceptors (Lipinski definition) is 6. The molecular formula is C14H17ClN4O3S2. The first kappa shape index (κ1) is 18.6. The number of aryl methyl sites for hydroxylation is 1.